The van der Waals surface area contributed by atoms with Gasteiger partial charge in [0.05, 0.1) is 0 Å². The SMILES string of the molecule is Cc1ccc(-n2c(SCc3ccc(F)cc3)nnc2-c2cccc(C)c2)cc1. The summed E-state index contributed by atoms with van der Waals surface area (Å²) in [7, 11) is 0. The Bertz CT molecular complexity index is 1090. The monoisotopic (exact) mass is 389 g/mol. The number of aromatic nitrogens is 3. The number of hydrogen-bond acceptors (Lipinski definition) is 3. The van der Waals surface area contributed by atoms with E-state index in [1.54, 1.807) is 23.9 Å². The van der Waals surface area contributed by atoms with E-state index in [4.69, 9.17) is 0 Å². The van der Waals surface area contributed by atoms with Crippen LogP contribution in [0.5, 0.6) is 0 Å². The van der Waals surface area contributed by atoms with Gasteiger partial charge in [0.15, 0.2) is 11.0 Å². The molecule has 0 N–H and O–H groups in total. The van der Waals surface area contributed by atoms with Gasteiger partial charge < -0.3 is 0 Å². The largest absolute Gasteiger partial charge is 0.270 e. The van der Waals surface area contributed by atoms with E-state index in [2.05, 4.69) is 71.1 Å². The van der Waals surface area contributed by atoms with E-state index in [1.165, 1.54) is 23.3 Å². The molecule has 0 spiro atoms. The molecule has 0 radical (unpaired) electrons. The number of hydrogen-bond donors (Lipinski definition) is 0. The Morgan fingerprint density at radius 1 is 0.857 bits per heavy atom. The Morgan fingerprint density at radius 2 is 1.61 bits per heavy atom. The van der Waals surface area contributed by atoms with Crippen molar-refractivity contribution in [3.63, 3.8) is 0 Å². The maximum Gasteiger partial charge on any atom is 0.196 e. The molecule has 4 rings (SSSR count). The average Bonchev–Trinajstić information content (AvgIpc) is 3.12. The van der Waals surface area contributed by atoms with Crippen molar-refractivity contribution in [2.45, 2.75) is 24.8 Å². The second-order valence-corrected chi connectivity index (χ2v) is 7.70. The van der Waals surface area contributed by atoms with E-state index < -0.39 is 0 Å². The first-order valence-electron chi connectivity index (χ1n) is 9.07. The number of benzene rings is 3. The van der Waals surface area contributed by atoms with E-state index in [1.807, 2.05) is 6.07 Å². The van der Waals surface area contributed by atoms with Crippen LogP contribution in [0, 0.1) is 19.7 Å². The van der Waals surface area contributed by atoms with Crippen LogP contribution < -0.4 is 0 Å². The number of aryl methyl sites for hydroxylation is 2. The van der Waals surface area contributed by atoms with E-state index in [9.17, 15) is 4.39 Å². The van der Waals surface area contributed by atoms with Gasteiger partial charge in [-0.1, -0.05) is 65.4 Å². The summed E-state index contributed by atoms with van der Waals surface area (Å²) in [5, 5.41) is 9.75. The van der Waals surface area contributed by atoms with E-state index in [0.29, 0.717) is 5.75 Å². The second-order valence-electron chi connectivity index (χ2n) is 6.76. The maximum atomic E-state index is 13.2. The van der Waals surface area contributed by atoms with Crippen LogP contribution in [0.3, 0.4) is 0 Å². The number of rotatable bonds is 5. The summed E-state index contributed by atoms with van der Waals surface area (Å²) in [6.07, 6.45) is 0. The van der Waals surface area contributed by atoms with Gasteiger partial charge in [0.2, 0.25) is 0 Å². The first kappa shape index (κ1) is 18.4. The van der Waals surface area contributed by atoms with Gasteiger partial charge in [-0.25, -0.2) is 4.39 Å². The smallest absolute Gasteiger partial charge is 0.196 e. The van der Waals surface area contributed by atoms with Crippen molar-refractivity contribution in [1.29, 1.82) is 0 Å². The van der Waals surface area contributed by atoms with Gasteiger partial charge in [0.25, 0.3) is 0 Å². The fourth-order valence-corrected chi connectivity index (χ4v) is 3.90. The van der Waals surface area contributed by atoms with Crippen LogP contribution in [0.15, 0.2) is 78.0 Å². The molecule has 0 aliphatic rings. The molecule has 0 aliphatic carbocycles. The average molecular weight is 389 g/mol. The lowest BCUT2D eigenvalue weighted by molar-refractivity contribution is 0.627. The fourth-order valence-electron chi connectivity index (χ4n) is 2.99. The van der Waals surface area contributed by atoms with Gasteiger partial charge in [-0.15, -0.1) is 10.2 Å². The minimum Gasteiger partial charge on any atom is -0.270 e. The first-order valence-corrected chi connectivity index (χ1v) is 10.1. The van der Waals surface area contributed by atoms with Crippen molar-refractivity contribution in [1.82, 2.24) is 14.8 Å². The van der Waals surface area contributed by atoms with Crippen molar-refractivity contribution in [3.05, 3.63) is 95.3 Å². The summed E-state index contributed by atoms with van der Waals surface area (Å²) >= 11 is 1.59. The van der Waals surface area contributed by atoms with Gasteiger partial charge in [-0.2, -0.15) is 0 Å². The summed E-state index contributed by atoms with van der Waals surface area (Å²) in [6.45, 7) is 4.14. The lowest BCUT2D eigenvalue weighted by Crippen LogP contribution is -2.00. The molecule has 0 atom stereocenters. The third kappa shape index (κ3) is 3.99. The Balaban J connectivity index is 1.73. The molecule has 0 saturated heterocycles. The third-order valence-electron chi connectivity index (χ3n) is 4.48. The molecule has 0 unspecified atom stereocenters. The molecule has 28 heavy (non-hydrogen) atoms. The normalized spacial score (nSPS) is 11.0. The molecule has 1 aromatic heterocycles. The topological polar surface area (TPSA) is 30.7 Å². The summed E-state index contributed by atoms with van der Waals surface area (Å²) < 4.78 is 15.2. The molecule has 3 nitrogen and oxygen atoms in total. The van der Waals surface area contributed by atoms with E-state index >= 15 is 0 Å². The van der Waals surface area contributed by atoms with Gasteiger partial charge in [0.1, 0.15) is 5.82 Å². The van der Waals surface area contributed by atoms with Gasteiger partial charge >= 0.3 is 0 Å². The lowest BCUT2D eigenvalue weighted by Gasteiger charge is -2.11. The van der Waals surface area contributed by atoms with Crippen molar-refractivity contribution in [2.75, 3.05) is 0 Å². The standard InChI is InChI=1S/C23H20FN3S/c1-16-6-12-21(13-7-16)27-22(19-5-3-4-17(2)14-19)25-26-23(27)28-15-18-8-10-20(24)11-9-18/h3-14H,15H2,1-2H3. The minimum atomic E-state index is -0.224. The highest BCUT2D eigenvalue weighted by Gasteiger charge is 2.16. The van der Waals surface area contributed by atoms with Crippen molar-refractivity contribution in [3.8, 4) is 17.1 Å². The third-order valence-corrected chi connectivity index (χ3v) is 5.48. The molecule has 5 heteroatoms. The van der Waals surface area contributed by atoms with Crippen LogP contribution in [0.2, 0.25) is 0 Å². The minimum absolute atomic E-state index is 0.224. The molecule has 1 heterocycles. The fraction of sp³-hybridized carbons (Fsp3) is 0.130. The lowest BCUT2D eigenvalue weighted by atomic mass is 10.1. The van der Waals surface area contributed by atoms with Crippen molar-refractivity contribution in [2.24, 2.45) is 0 Å². The predicted molar refractivity (Wildman–Crippen MR) is 112 cm³/mol. The van der Waals surface area contributed by atoms with Crippen LogP contribution in [0.25, 0.3) is 17.1 Å². The molecule has 4 aromatic rings. The Kier molecular flexibility index (Phi) is 5.26. The van der Waals surface area contributed by atoms with Crippen LogP contribution in [-0.2, 0) is 5.75 Å². The molecular weight excluding hydrogens is 369 g/mol. The molecule has 0 aliphatic heterocycles. The molecule has 0 saturated carbocycles. The molecule has 0 amide bonds. The molecule has 0 bridgehead atoms. The molecule has 3 aromatic carbocycles. The van der Waals surface area contributed by atoms with Crippen molar-refractivity contribution >= 4 is 11.8 Å². The van der Waals surface area contributed by atoms with Gasteiger partial charge in [0, 0.05) is 17.0 Å². The quantitative estimate of drug-likeness (QED) is 0.393. The highest BCUT2D eigenvalue weighted by Crippen LogP contribution is 2.30. The van der Waals surface area contributed by atoms with Gasteiger partial charge in [-0.05, 0) is 49.7 Å². The summed E-state index contributed by atoms with van der Waals surface area (Å²) in [6, 6.07) is 23.2. The van der Waals surface area contributed by atoms with Crippen molar-refractivity contribution < 1.29 is 4.39 Å². The zero-order chi connectivity index (χ0) is 19.5. The van der Waals surface area contributed by atoms with E-state index in [-0.39, 0.29) is 5.82 Å². The van der Waals surface area contributed by atoms with E-state index in [0.717, 1.165) is 27.8 Å². The predicted octanol–water partition coefficient (Wildman–Crippen LogP) is 5.98. The zero-order valence-corrected chi connectivity index (χ0v) is 16.6. The van der Waals surface area contributed by atoms with Crippen LogP contribution >= 0.6 is 11.8 Å². The molecular formula is C23H20FN3S. The Morgan fingerprint density at radius 3 is 2.32 bits per heavy atom. The summed E-state index contributed by atoms with van der Waals surface area (Å²) in [4.78, 5) is 0. The first-order chi connectivity index (χ1) is 13.6. The second kappa shape index (κ2) is 7.98. The highest BCUT2D eigenvalue weighted by molar-refractivity contribution is 7.98. The Hall–Kier alpha value is -2.92. The number of thioether (sulfide) groups is 1. The van der Waals surface area contributed by atoms with Crippen LogP contribution in [0.1, 0.15) is 16.7 Å². The highest BCUT2D eigenvalue weighted by atomic mass is 32.2. The number of halogens is 1. The van der Waals surface area contributed by atoms with Crippen LogP contribution in [0.4, 0.5) is 4.39 Å². The molecule has 140 valence electrons. The molecule has 0 fully saturated rings. The van der Waals surface area contributed by atoms with Crippen LogP contribution in [-0.4, -0.2) is 14.8 Å². The number of nitrogens with zero attached hydrogens (tertiary/aromatic N) is 3. The summed E-state index contributed by atoms with van der Waals surface area (Å²) in [5.41, 5.74) is 5.48. The van der Waals surface area contributed by atoms with Gasteiger partial charge in [-0.3, -0.25) is 4.57 Å². The zero-order valence-electron chi connectivity index (χ0n) is 15.8. The summed E-state index contributed by atoms with van der Waals surface area (Å²) in [5.74, 6) is 1.28. The maximum absolute atomic E-state index is 13.2. The Labute approximate surface area is 168 Å².